The Labute approximate surface area is 112 Å². The molecule has 0 saturated heterocycles. The van der Waals surface area contributed by atoms with E-state index in [1.165, 1.54) is 38.6 Å². The highest BCUT2D eigenvalue weighted by molar-refractivity contribution is 5.16. The van der Waals surface area contributed by atoms with Crippen LogP contribution in [0.4, 0.5) is 0 Å². The van der Waals surface area contributed by atoms with Crippen LogP contribution < -0.4 is 5.32 Å². The molecule has 2 fully saturated rings. The molecule has 1 unspecified atom stereocenters. The fraction of sp³-hybridized carbons (Fsp3) is 0.933. The van der Waals surface area contributed by atoms with Crippen molar-refractivity contribution < 1.29 is 0 Å². The summed E-state index contributed by atoms with van der Waals surface area (Å²) in [6, 6.07) is 2.60. The Kier molecular flexibility index (Phi) is 4.64. The third-order valence-corrected chi connectivity index (χ3v) is 4.63. The van der Waals surface area contributed by atoms with Gasteiger partial charge in [0.1, 0.15) is 5.54 Å². The van der Waals surface area contributed by atoms with Gasteiger partial charge in [-0.2, -0.15) is 5.26 Å². The second kappa shape index (κ2) is 6.04. The lowest BCUT2D eigenvalue weighted by molar-refractivity contribution is 0.147. The van der Waals surface area contributed by atoms with Gasteiger partial charge in [0, 0.05) is 13.1 Å². The van der Waals surface area contributed by atoms with Gasteiger partial charge in [0.2, 0.25) is 0 Å². The minimum absolute atomic E-state index is 0.283. The summed E-state index contributed by atoms with van der Waals surface area (Å²) in [6.07, 6.45) is 6.63. The molecule has 0 spiro atoms. The van der Waals surface area contributed by atoms with Gasteiger partial charge in [-0.15, -0.1) is 0 Å². The van der Waals surface area contributed by atoms with E-state index in [9.17, 15) is 5.26 Å². The number of hydrogen-bond acceptors (Lipinski definition) is 3. The van der Waals surface area contributed by atoms with E-state index >= 15 is 0 Å². The van der Waals surface area contributed by atoms with E-state index in [4.69, 9.17) is 0 Å². The molecule has 0 radical (unpaired) electrons. The SMILES string of the molecule is CCNC(C#N)(CN(CC)CC1CCC1)C1CC1. The lowest BCUT2D eigenvalue weighted by Crippen LogP contribution is -2.55. The standard InChI is InChI=1S/C15H27N3/c1-3-17-15(11-16,14-8-9-14)12-18(4-2)10-13-6-5-7-13/h13-14,17H,3-10,12H2,1-2H3. The Morgan fingerprint density at radius 3 is 2.39 bits per heavy atom. The van der Waals surface area contributed by atoms with Crippen LogP contribution in [0.1, 0.15) is 46.0 Å². The first-order valence-electron chi connectivity index (χ1n) is 7.62. The molecule has 1 N–H and O–H groups in total. The van der Waals surface area contributed by atoms with E-state index in [0.717, 1.165) is 25.6 Å². The molecule has 1 atom stereocenters. The molecule has 0 amide bonds. The minimum atomic E-state index is -0.283. The summed E-state index contributed by atoms with van der Waals surface area (Å²) in [7, 11) is 0. The summed E-state index contributed by atoms with van der Waals surface area (Å²) < 4.78 is 0. The normalized spacial score (nSPS) is 23.4. The van der Waals surface area contributed by atoms with Crippen LogP contribution in [0.25, 0.3) is 0 Å². The van der Waals surface area contributed by atoms with Crippen molar-refractivity contribution in [1.29, 1.82) is 5.26 Å². The van der Waals surface area contributed by atoms with Gasteiger partial charge in [-0.05, 0) is 50.6 Å². The predicted octanol–water partition coefficient (Wildman–Crippen LogP) is 2.39. The molecule has 0 bridgehead atoms. The molecule has 2 aliphatic rings. The van der Waals surface area contributed by atoms with Crippen molar-refractivity contribution in [2.24, 2.45) is 11.8 Å². The Morgan fingerprint density at radius 2 is 2.00 bits per heavy atom. The van der Waals surface area contributed by atoms with Crippen LogP contribution >= 0.6 is 0 Å². The average Bonchev–Trinajstić information content (AvgIpc) is 3.15. The molecule has 0 aromatic rings. The van der Waals surface area contributed by atoms with Crippen LogP contribution in [0.2, 0.25) is 0 Å². The first-order chi connectivity index (χ1) is 8.74. The third-order valence-electron chi connectivity index (χ3n) is 4.63. The highest BCUT2D eigenvalue weighted by Gasteiger charge is 2.46. The Morgan fingerprint density at radius 1 is 1.28 bits per heavy atom. The largest absolute Gasteiger partial charge is 0.300 e. The van der Waals surface area contributed by atoms with Crippen molar-refractivity contribution in [3.8, 4) is 6.07 Å². The average molecular weight is 249 g/mol. The van der Waals surface area contributed by atoms with Crippen molar-refractivity contribution in [2.45, 2.75) is 51.5 Å². The molecule has 0 aliphatic heterocycles. The molecule has 2 aliphatic carbocycles. The summed E-state index contributed by atoms with van der Waals surface area (Å²) in [6.45, 7) is 8.40. The topological polar surface area (TPSA) is 39.1 Å². The van der Waals surface area contributed by atoms with Crippen LogP contribution in [-0.4, -0.2) is 36.6 Å². The van der Waals surface area contributed by atoms with Gasteiger partial charge in [-0.25, -0.2) is 0 Å². The van der Waals surface area contributed by atoms with Crippen LogP contribution in [0.15, 0.2) is 0 Å². The van der Waals surface area contributed by atoms with E-state index in [0.29, 0.717) is 5.92 Å². The lowest BCUT2D eigenvalue weighted by atomic mass is 9.84. The number of nitriles is 1. The van der Waals surface area contributed by atoms with Crippen molar-refractivity contribution in [3.63, 3.8) is 0 Å². The van der Waals surface area contributed by atoms with E-state index in [-0.39, 0.29) is 5.54 Å². The van der Waals surface area contributed by atoms with Crippen LogP contribution in [0.3, 0.4) is 0 Å². The van der Waals surface area contributed by atoms with Gasteiger partial charge in [0.15, 0.2) is 0 Å². The molecule has 3 heteroatoms. The van der Waals surface area contributed by atoms with Crippen LogP contribution in [0.5, 0.6) is 0 Å². The number of rotatable bonds is 8. The van der Waals surface area contributed by atoms with Gasteiger partial charge in [-0.1, -0.05) is 20.3 Å². The Balaban J connectivity index is 1.94. The molecular weight excluding hydrogens is 222 g/mol. The van der Waals surface area contributed by atoms with Gasteiger partial charge in [0.05, 0.1) is 6.07 Å². The second-order valence-corrected chi connectivity index (χ2v) is 6.01. The molecule has 18 heavy (non-hydrogen) atoms. The van der Waals surface area contributed by atoms with Crippen molar-refractivity contribution in [1.82, 2.24) is 10.2 Å². The highest BCUT2D eigenvalue weighted by Crippen LogP contribution is 2.40. The Hall–Kier alpha value is -0.590. The number of nitrogens with one attached hydrogen (secondary N) is 1. The quantitative estimate of drug-likeness (QED) is 0.718. The number of hydrogen-bond donors (Lipinski definition) is 1. The summed E-state index contributed by atoms with van der Waals surface area (Å²) in [4.78, 5) is 2.49. The second-order valence-electron chi connectivity index (χ2n) is 6.01. The highest BCUT2D eigenvalue weighted by atomic mass is 15.2. The zero-order valence-corrected chi connectivity index (χ0v) is 11.9. The van der Waals surface area contributed by atoms with Crippen LogP contribution in [-0.2, 0) is 0 Å². The molecule has 3 nitrogen and oxygen atoms in total. The van der Waals surface area contributed by atoms with E-state index in [1.807, 2.05) is 0 Å². The van der Waals surface area contributed by atoms with Crippen molar-refractivity contribution >= 4 is 0 Å². The van der Waals surface area contributed by atoms with Gasteiger partial charge in [0.25, 0.3) is 0 Å². The zero-order chi connectivity index (χ0) is 13.0. The van der Waals surface area contributed by atoms with Gasteiger partial charge < -0.3 is 4.90 Å². The maximum Gasteiger partial charge on any atom is 0.122 e. The summed E-state index contributed by atoms with van der Waals surface area (Å²) in [5.41, 5.74) is -0.283. The monoisotopic (exact) mass is 249 g/mol. The fourth-order valence-corrected chi connectivity index (χ4v) is 3.09. The van der Waals surface area contributed by atoms with Crippen molar-refractivity contribution in [3.05, 3.63) is 0 Å². The maximum atomic E-state index is 9.63. The van der Waals surface area contributed by atoms with Gasteiger partial charge >= 0.3 is 0 Å². The minimum Gasteiger partial charge on any atom is -0.300 e. The molecule has 0 aromatic carbocycles. The number of nitrogens with zero attached hydrogens (tertiary/aromatic N) is 2. The first kappa shape index (κ1) is 13.8. The predicted molar refractivity (Wildman–Crippen MR) is 74.2 cm³/mol. The molecule has 2 rings (SSSR count). The molecule has 0 aromatic heterocycles. The molecular formula is C15H27N3. The molecule has 102 valence electrons. The van der Waals surface area contributed by atoms with Crippen LogP contribution in [0, 0.1) is 23.2 Å². The van der Waals surface area contributed by atoms with E-state index < -0.39 is 0 Å². The fourth-order valence-electron chi connectivity index (χ4n) is 3.09. The maximum absolute atomic E-state index is 9.63. The first-order valence-corrected chi connectivity index (χ1v) is 7.62. The summed E-state index contributed by atoms with van der Waals surface area (Å²) in [5.74, 6) is 1.47. The van der Waals surface area contributed by atoms with Crippen molar-refractivity contribution in [2.75, 3.05) is 26.2 Å². The summed E-state index contributed by atoms with van der Waals surface area (Å²) >= 11 is 0. The van der Waals surface area contributed by atoms with E-state index in [2.05, 4.69) is 30.1 Å². The van der Waals surface area contributed by atoms with Gasteiger partial charge in [-0.3, -0.25) is 5.32 Å². The lowest BCUT2D eigenvalue weighted by Gasteiger charge is -2.37. The zero-order valence-electron chi connectivity index (χ0n) is 11.9. The molecule has 0 heterocycles. The Bertz CT molecular complexity index is 301. The van der Waals surface area contributed by atoms with E-state index in [1.54, 1.807) is 0 Å². The third kappa shape index (κ3) is 3.05. The molecule has 2 saturated carbocycles. The smallest absolute Gasteiger partial charge is 0.122 e. The summed E-state index contributed by atoms with van der Waals surface area (Å²) in [5, 5.41) is 13.1. The number of likely N-dealkylation sites (N-methyl/N-ethyl adjacent to an activating group) is 2.